The number of hydrogen-bond acceptors (Lipinski definition) is 3. The Morgan fingerprint density at radius 2 is 1.57 bits per heavy atom. The predicted octanol–water partition coefficient (Wildman–Crippen LogP) is 5.29. The molecule has 0 radical (unpaired) electrons. The van der Waals surface area contributed by atoms with Crippen molar-refractivity contribution in [1.29, 1.82) is 0 Å². The largest absolute Gasteiger partial charge is 0.443 e. The van der Waals surface area contributed by atoms with Crippen LogP contribution in [0.4, 0.5) is 10.5 Å². The zero-order valence-corrected chi connectivity index (χ0v) is 17.9. The molecule has 1 N–H and O–H groups in total. The Kier molecular flexibility index (Phi) is 6.40. The third kappa shape index (κ3) is 5.38. The fourth-order valence-electron chi connectivity index (χ4n) is 3.17. The number of rotatable bonds is 5. The Morgan fingerprint density at radius 3 is 2.23 bits per heavy atom. The highest BCUT2D eigenvalue weighted by Gasteiger charge is 2.31. The molecule has 0 aliphatic rings. The van der Waals surface area contributed by atoms with Crippen LogP contribution in [-0.2, 0) is 16.1 Å². The maximum absolute atomic E-state index is 13.0. The smallest absolute Gasteiger partial charge is 0.415 e. The minimum absolute atomic E-state index is 0.252. The topological polar surface area (TPSA) is 58.6 Å². The molecular formula is C25H28N2O3. The lowest BCUT2D eigenvalue weighted by molar-refractivity contribution is -0.122. The number of benzene rings is 3. The van der Waals surface area contributed by atoms with Gasteiger partial charge in [0.1, 0.15) is 11.6 Å². The van der Waals surface area contributed by atoms with Crippen LogP contribution in [0.25, 0.3) is 10.8 Å². The number of carbonyl (C=O) groups excluding carboxylic acids is 2. The van der Waals surface area contributed by atoms with Crippen LogP contribution in [0.15, 0.2) is 72.8 Å². The molecule has 0 spiro atoms. The van der Waals surface area contributed by atoms with Gasteiger partial charge in [0, 0.05) is 12.2 Å². The highest BCUT2D eigenvalue weighted by Crippen LogP contribution is 2.26. The second-order valence-corrected chi connectivity index (χ2v) is 8.26. The first-order chi connectivity index (χ1) is 14.2. The van der Waals surface area contributed by atoms with Crippen molar-refractivity contribution in [1.82, 2.24) is 5.32 Å². The third-order valence-corrected chi connectivity index (χ3v) is 4.68. The van der Waals surface area contributed by atoms with Crippen molar-refractivity contribution < 1.29 is 14.3 Å². The van der Waals surface area contributed by atoms with Crippen LogP contribution in [0.5, 0.6) is 0 Å². The van der Waals surface area contributed by atoms with E-state index in [9.17, 15) is 9.59 Å². The number of amides is 2. The molecule has 5 heteroatoms. The molecule has 0 aliphatic carbocycles. The second-order valence-electron chi connectivity index (χ2n) is 8.26. The highest BCUT2D eigenvalue weighted by atomic mass is 16.6. The van der Waals surface area contributed by atoms with Crippen LogP contribution in [0.2, 0.25) is 0 Å². The zero-order chi connectivity index (χ0) is 21.7. The van der Waals surface area contributed by atoms with Crippen molar-refractivity contribution in [2.24, 2.45) is 0 Å². The fourth-order valence-corrected chi connectivity index (χ4v) is 3.17. The van der Waals surface area contributed by atoms with Crippen LogP contribution in [0.1, 0.15) is 33.3 Å². The molecule has 0 fully saturated rings. The van der Waals surface area contributed by atoms with Gasteiger partial charge in [-0.25, -0.2) is 4.79 Å². The maximum Gasteiger partial charge on any atom is 0.415 e. The average molecular weight is 405 g/mol. The lowest BCUT2D eigenvalue weighted by atomic mass is 10.1. The molecule has 5 nitrogen and oxygen atoms in total. The van der Waals surface area contributed by atoms with Gasteiger partial charge in [-0.2, -0.15) is 0 Å². The molecule has 0 saturated carbocycles. The van der Waals surface area contributed by atoms with Crippen molar-refractivity contribution in [3.63, 3.8) is 0 Å². The van der Waals surface area contributed by atoms with E-state index in [2.05, 4.69) is 5.32 Å². The van der Waals surface area contributed by atoms with Gasteiger partial charge in [0.15, 0.2) is 0 Å². The van der Waals surface area contributed by atoms with Crippen molar-refractivity contribution in [2.75, 3.05) is 4.90 Å². The Bertz CT molecular complexity index is 1030. The number of nitrogens with zero attached hydrogens (tertiary/aromatic N) is 1. The molecule has 30 heavy (non-hydrogen) atoms. The van der Waals surface area contributed by atoms with Crippen LogP contribution < -0.4 is 10.2 Å². The Balaban J connectivity index is 1.87. The molecule has 3 aromatic carbocycles. The fraction of sp³-hybridized carbons (Fsp3) is 0.280. The first-order valence-electron chi connectivity index (χ1n) is 10.1. The van der Waals surface area contributed by atoms with E-state index in [1.165, 1.54) is 4.90 Å². The molecule has 3 rings (SSSR count). The molecule has 156 valence electrons. The standard InChI is InChI=1S/C25H28N2O3/c1-18(23(28)26-17-19-10-6-5-7-11-19)27(24(29)30-25(2,3)4)22-15-14-20-12-8-9-13-21(20)16-22/h5-16,18H,17H2,1-4H3,(H,26,28)/t18-/m0/s1. The SMILES string of the molecule is C[C@@H](C(=O)NCc1ccccc1)N(C(=O)OC(C)(C)C)c1ccc2ccccc2c1. The predicted molar refractivity (Wildman–Crippen MR) is 120 cm³/mol. The lowest BCUT2D eigenvalue weighted by Gasteiger charge is -2.31. The summed E-state index contributed by atoms with van der Waals surface area (Å²) >= 11 is 0. The van der Waals surface area contributed by atoms with E-state index in [1.807, 2.05) is 93.6 Å². The van der Waals surface area contributed by atoms with Gasteiger partial charge in [0.25, 0.3) is 0 Å². The summed E-state index contributed by atoms with van der Waals surface area (Å²) in [5.74, 6) is -0.252. The summed E-state index contributed by atoms with van der Waals surface area (Å²) in [4.78, 5) is 27.4. The molecule has 0 aromatic heterocycles. The Labute approximate surface area is 177 Å². The number of anilines is 1. The zero-order valence-electron chi connectivity index (χ0n) is 17.9. The van der Waals surface area contributed by atoms with E-state index in [4.69, 9.17) is 4.74 Å². The van der Waals surface area contributed by atoms with E-state index < -0.39 is 17.7 Å². The molecule has 0 aliphatic heterocycles. The lowest BCUT2D eigenvalue weighted by Crippen LogP contribution is -2.49. The molecule has 2 amide bonds. The summed E-state index contributed by atoms with van der Waals surface area (Å²) in [6, 6.07) is 22.5. The van der Waals surface area contributed by atoms with Crippen molar-refractivity contribution in [2.45, 2.75) is 45.9 Å². The minimum atomic E-state index is -0.746. The highest BCUT2D eigenvalue weighted by molar-refractivity contribution is 5.99. The Morgan fingerprint density at radius 1 is 0.933 bits per heavy atom. The first kappa shape index (κ1) is 21.4. The summed E-state index contributed by atoms with van der Waals surface area (Å²) in [7, 11) is 0. The van der Waals surface area contributed by atoms with Gasteiger partial charge in [-0.05, 0) is 56.2 Å². The average Bonchev–Trinajstić information content (AvgIpc) is 2.71. The quantitative estimate of drug-likeness (QED) is 0.629. The number of nitrogens with one attached hydrogen (secondary N) is 1. The Hall–Kier alpha value is -3.34. The number of carbonyl (C=O) groups is 2. The second kappa shape index (κ2) is 8.99. The summed E-state index contributed by atoms with van der Waals surface area (Å²) in [6.07, 6.45) is -0.555. The van der Waals surface area contributed by atoms with Gasteiger partial charge in [0.2, 0.25) is 5.91 Å². The van der Waals surface area contributed by atoms with Gasteiger partial charge in [-0.3, -0.25) is 9.69 Å². The van der Waals surface area contributed by atoms with E-state index in [-0.39, 0.29) is 5.91 Å². The van der Waals surface area contributed by atoms with Crippen LogP contribution >= 0.6 is 0 Å². The van der Waals surface area contributed by atoms with E-state index in [1.54, 1.807) is 6.92 Å². The maximum atomic E-state index is 13.0. The minimum Gasteiger partial charge on any atom is -0.443 e. The van der Waals surface area contributed by atoms with E-state index in [0.717, 1.165) is 16.3 Å². The van der Waals surface area contributed by atoms with Crippen molar-refractivity contribution in [3.05, 3.63) is 78.4 Å². The van der Waals surface area contributed by atoms with Gasteiger partial charge < -0.3 is 10.1 Å². The van der Waals surface area contributed by atoms with Gasteiger partial charge in [-0.1, -0.05) is 60.7 Å². The third-order valence-electron chi connectivity index (χ3n) is 4.68. The van der Waals surface area contributed by atoms with Crippen molar-refractivity contribution in [3.8, 4) is 0 Å². The molecule has 0 heterocycles. The molecule has 0 unspecified atom stereocenters. The number of hydrogen-bond donors (Lipinski definition) is 1. The van der Waals surface area contributed by atoms with Gasteiger partial charge in [0.05, 0.1) is 0 Å². The molecule has 3 aromatic rings. The van der Waals surface area contributed by atoms with Crippen LogP contribution in [0.3, 0.4) is 0 Å². The van der Waals surface area contributed by atoms with E-state index in [0.29, 0.717) is 12.2 Å². The monoisotopic (exact) mass is 404 g/mol. The summed E-state index contributed by atoms with van der Waals surface area (Å²) < 4.78 is 5.61. The van der Waals surface area contributed by atoms with E-state index >= 15 is 0 Å². The molecular weight excluding hydrogens is 376 g/mol. The van der Waals surface area contributed by atoms with Gasteiger partial charge >= 0.3 is 6.09 Å². The molecule has 1 atom stereocenters. The van der Waals surface area contributed by atoms with Crippen molar-refractivity contribution >= 4 is 28.5 Å². The van der Waals surface area contributed by atoms with Crippen LogP contribution in [0, 0.1) is 0 Å². The number of fused-ring (bicyclic) bond motifs is 1. The normalized spacial score (nSPS) is 12.3. The summed E-state index contributed by atoms with van der Waals surface area (Å²) in [6.45, 7) is 7.53. The van der Waals surface area contributed by atoms with Crippen LogP contribution in [-0.4, -0.2) is 23.6 Å². The number of ether oxygens (including phenoxy) is 1. The summed E-state index contributed by atoms with van der Waals surface area (Å²) in [5.41, 5.74) is 0.935. The first-order valence-corrected chi connectivity index (χ1v) is 10.1. The summed E-state index contributed by atoms with van der Waals surface area (Å²) in [5, 5.41) is 4.96. The molecule has 0 saturated heterocycles. The molecule has 0 bridgehead atoms. The van der Waals surface area contributed by atoms with Gasteiger partial charge in [-0.15, -0.1) is 0 Å².